The molecule has 0 spiro atoms. The maximum atomic E-state index is 11.0. The zero-order chi connectivity index (χ0) is 17.3. The Morgan fingerprint density at radius 3 is 2.65 bits per heavy atom. The van der Waals surface area contributed by atoms with Crippen LogP contribution in [0.5, 0.6) is 0 Å². The van der Waals surface area contributed by atoms with E-state index in [0.717, 1.165) is 0 Å². The predicted octanol–water partition coefficient (Wildman–Crippen LogP) is 3.86. The maximum Gasteiger partial charge on any atom is 0.304 e. The van der Waals surface area contributed by atoms with E-state index in [0.29, 0.717) is 11.4 Å². The lowest BCUT2D eigenvalue weighted by molar-refractivity contribution is -0.137. The summed E-state index contributed by atoms with van der Waals surface area (Å²) in [6.07, 6.45) is -0.196. The van der Waals surface area contributed by atoms with Gasteiger partial charge in [-0.05, 0) is 12.1 Å². The van der Waals surface area contributed by atoms with Gasteiger partial charge in [-0.2, -0.15) is 5.26 Å². The molecule has 0 aliphatic carbocycles. The van der Waals surface area contributed by atoms with Crippen LogP contribution < -0.4 is 5.73 Å². The molecule has 23 heavy (non-hydrogen) atoms. The third kappa shape index (κ3) is 3.22. The number of nitriles is 1. The fraction of sp³-hybridized carbons (Fsp3) is 0.214. The van der Waals surface area contributed by atoms with E-state index in [9.17, 15) is 10.1 Å². The highest BCUT2D eigenvalue weighted by molar-refractivity contribution is 6.48. The molecule has 3 N–H and O–H groups in total. The van der Waals surface area contributed by atoms with Crippen molar-refractivity contribution in [2.45, 2.75) is 19.3 Å². The number of nitrogens with zero attached hydrogens (tertiary/aromatic N) is 3. The molecule has 1 unspecified atom stereocenters. The number of hydrogen-bond acceptors (Lipinski definition) is 4. The third-order valence-corrected chi connectivity index (χ3v) is 4.53. The Labute approximate surface area is 147 Å². The molecule has 1 atom stereocenters. The lowest BCUT2D eigenvalue weighted by atomic mass is 10.00. The van der Waals surface area contributed by atoms with Crippen LogP contribution in [0.4, 0.5) is 5.82 Å². The van der Waals surface area contributed by atoms with E-state index in [1.165, 1.54) is 10.7 Å². The number of nitrogen functional groups attached to an aromatic ring is 1. The Kier molecular flexibility index (Phi) is 5.05. The Morgan fingerprint density at radius 2 is 2.09 bits per heavy atom. The van der Waals surface area contributed by atoms with E-state index in [4.69, 9.17) is 45.6 Å². The first-order valence-electron chi connectivity index (χ1n) is 6.42. The quantitative estimate of drug-likeness (QED) is 0.792. The Hall–Kier alpha value is -1.94. The lowest BCUT2D eigenvalue weighted by Gasteiger charge is -2.15. The van der Waals surface area contributed by atoms with Crippen molar-refractivity contribution in [3.63, 3.8) is 0 Å². The Bertz CT molecular complexity index is 826. The molecule has 1 heterocycles. The molecular formula is C14H11Cl3N4O2. The maximum absolute atomic E-state index is 11.0. The first-order valence-corrected chi connectivity index (χ1v) is 7.55. The third-order valence-electron chi connectivity index (χ3n) is 3.25. The van der Waals surface area contributed by atoms with Gasteiger partial charge in [0.05, 0.1) is 32.9 Å². The molecule has 120 valence electrons. The highest BCUT2D eigenvalue weighted by Gasteiger charge is 2.25. The van der Waals surface area contributed by atoms with Crippen LogP contribution in [0.3, 0.4) is 0 Å². The molecule has 0 aliphatic heterocycles. The fourth-order valence-corrected chi connectivity index (χ4v) is 2.85. The molecule has 9 heteroatoms. The van der Waals surface area contributed by atoms with E-state index in [2.05, 4.69) is 5.10 Å². The minimum atomic E-state index is -1.01. The van der Waals surface area contributed by atoms with Crippen molar-refractivity contribution in [3.05, 3.63) is 38.5 Å². The molecule has 6 nitrogen and oxygen atoms in total. The molecule has 0 radical (unpaired) electrons. The van der Waals surface area contributed by atoms with E-state index in [-0.39, 0.29) is 32.9 Å². The van der Waals surface area contributed by atoms with Crippen molar-refractivity contribution < 1.29 is 9.90 Å². The number of carboxylic acids is 1. The van der Waals surface area contributed by atoms with Gasteiger partial charge in [-0.15, -0.1) is 5.10 Å². The van der Waals surface area contributed by atoms with Gasteiger partial charge in [0.2, 0.25) is 0 Å². The topological polar surface area (TPSA) is 105 Å². The zero-order valence-electron chi connectivity index (χ0n) is 11.8. The molecule has 2 rings (SSSR count). The van der Waals surface area contributed by atoms with E-state index < -0.39 is 11.9 Å². The summed E-state index contributed by atoms with van der Waals surface area (Å²) in [5.41, 5.74) is 6.60. The van der Waals surface area contributed by atoms with Gasteiger partial charge < -0.3 is 10.8 Å². The molecule has 1 aromatic heterocycles. The summed E-state index contributed by atoms with van der Waals surface area (Å²) in [7, 11) is 0. The lowest BCUT2D eigenvalue weighted by Crippen LogP contribution is -2.11. The van der Waals surface area contributed by atoms with Gasteiger partial charge in [-0.3, -0.25) is 4.79 Å². The number of aromatic nitrogens is 2. The van der Waals surface area contributed by atoms with E-state index in [1.807, 2.05) is 6.07 Å². The number of carboxylic acid groups (broad SMARTS) is 1. The standard InChI is InChI=1S/C14H11Cl3N4O2/c1-6(4-10(22)23)13-7(5-18)14(19)20-21(13)9-3-2-8(15)11(16)12(9)17/h2-3,6H,4H2,1H3,(H2,19,20)(H,22,23). The second kappa shape index (κ2) is 6.67. The van der Waals surface area contributed by atoms with Gasteiger partial charge in [-0.25, -0.2) is 4.68 Å². The zero-order valence-corrected chi connectivity index (χ0v) is 14.1. The van der Waals surface area contributed by atoms with Crippen LogP contribution in [-0.2, 0) is 4.79 Å². The molecule has 0 bridgehead atoms. The van der Waals surface area contributed by atoms with Crippen LogP contribution in [0, 0.1) is 11.3 Å². The average molecular weight is 374 g/mol. The Balaban J connectivity index is 2.71. The number of hydrogen-bond donors (Lipinski definition) is 2. The number of carbonyl (C=O) groups is 1. The summed E-state index contributed by atoms with van der Waals surface area (Å²) in [5, 5.41) is 22.9. The molecule has 0 saturated heterocycles. The normalized spacial score (nSPS) is 12.0. The van der Waals surface area contributed by atoms with Gasteiger partial charge in [0.25, 0.3) is 0 Å². The summed E-state index contributed by atoms with van der Waals surface area (Å²) < 4.78 is 1.34. The highest BCUT2D eigenvalue weighted by Crippen LogP contribution is 2.37. The largest absolute Gasteiger partial charge is 0.481 e. The molecule has 1 aromatic carbocycles. The number of aliphatic carboxylic acids is 1. The fourth-order valence-electron chi connectivity index (χ4n) is 2.24. The first-order chi connectivity index (χ1) is 10.8. The average Bonchev–Trinajstić information content (AvgIpc) is 2.80. The van der Waals surface area contributed by atoms with Crippen LogP contribution >= 0.6 is 34.8 Å². The summed E-state index contributed by atoms with van der Waals surface area (Å²) in [6.45, 7) is 1.66. The van der Waals surface area contributed by atoms with E-state index in [1.54, 1.807) is 13.0 Å². The molecule has 0 saturated carbocycles. The molecule has 0 aliphatic rings. The summed E-state index contributed by atoms with van der Waals surface area (Å²) in [5.74, 6) is -1.53. The number of anilines is 1. The van der Waals surface area contributed by atoms with Crippen LogP contribution in [0.1, 0.15) is 30.5 Å². The summed E-state index contributed by atoms with van der Waals surface area (Å²) in [4.78, 5) is 11.0. The van der Waals surface area contributed by atoms with Gasteiger partial charge >= 0.3 is 5.97 Å². The van der Waals surface area contributed by atoms with Crippen molar-refractivity contribution >= 4 is 46.6 Å². The second-order valence-corrected chi connectivity index (χ2v) is 6.03. The molecule has 0 amide bonds. The molecule has 2 aromatic rings. The second-order valence-electron chi connectivity index (χ2n) is 4.86. The van der Waals surface area contributed by atoms with Crippen molar-refractivity contribution in [1.29, 1.82) is 5.26 Å². The number of rotatable bonds is 4. The van der Waals surface area contributed by atoms with E-state index >= 15 is 0 Å². The van der Waals surface area contributed by atoms with Crippen molar-refractivity contribution in [3.8, 4) is 11.8 Å². The minimum Gasteiger partial charge on any atom is -0.481 e. The molecular weight excluding hydrogens is 363 g/mol. The predicted molar refractivity (Wildman–Crippen MR) is 88.4 cm³/mol. The smallest absolute Gasteiger partial charge is 0.304 e. The Morgan fingerprint density at radius 1 is 1.43 bits per heavy atom. The SMILES string of the molecule is CC(CC(=O)O)c1c(C#N)c(N)nn1-c1ccc(Cl)c(Cl)c1Cl. The van der Waals surface area contributed by atoms with Crippen LogP contribution in [0.2, 0.25) is 15.1 Å². The number of benzene rings is 1. The van der Waals surface area contributed by atoms with Crippen molar-refractivity contribution in [2.24, 2.45) is 0 Å². The van der Waals surface area contributed by atoms with Crippen LogP contribution in [0.15, 0.2) is 12.1 Å². The van der Waals surface area contributed by atoms with Gasteiger partial charge in [0.1, 0.15) is 11.6 Å². The van der Waals surface area contributed by atoms with Gasteiger partial charge in [-0.1, -0.05) is 41.7 Å². The highest BCUT2D eigenvalue weighted by atomic mass is 35.5. The minimum absolute atomic E-state index is 0.0122. The summed E-state index contributed by atoms with van der Waals surface area (Å²) in [6, 6.07) is 5.05. The van der Waals surface area contributed by atoms with Crippen molar-refractivity contribution in [2.75, 3.05) is 5.73 Å². The first kappa shape index (κ1) is 17.4. The summed E-state index contributed by atoms with van der Waals surface area (Å²) >= 11 is 18.1. The number of nitrogens with two attached hydrogens (primary N) is 1. The van der Waals surface area contributed by atoms with Gasteiger partial charge in [0.15, 0.2) is 5.82 Å². The van der Waals surface area contributed by atoms with Crippen LogP contribution in [0.25, 0.3) is 5.69 Å². The monoisotopic (exact) mass is 372 g/mol. The van der Waals surface area contributed by atoms with Crippen molar-refractivity contribution in [1.82, 2.24) is 9.78 Å². The number of halogens is 3. The van der Waals surface area contributed by atoms with Crippen LogP contribution in [-0.4, -0.2) is 20.9 Å². The molecule has 0 fully saturated rings. The van der Waals surface area contributed by atoms with Gasteiger partial charge in [0, 0.05) is 5.92 Å².